The van der Waals surface area contributed by atoms with Gasteiger partial charge in [-0.05, 0) is 35.9 Å². The summed E-state index contributed by atoms with van der Waals surface area (Å²) < 4.78 is 37.2. The van der Waals surface area contributed by atoms with Crippen LogP contribution in [0.3, 0.4) is 0 Å². The zero-order valence-corrected chi connectivity index (χ0v) is 11.5. The van der Waals surface area contributed by atoms with Gasteiger partial charge in [-0.3, -0.25) is 4.99 Å². The number of hydrogen-bond acceptors (Lipinski definition) is 1. The highest BCUT2D eigenvalue weighted by Gasteiger charge is 2.29. The lowest BCUT2D eigenvalue weighted by atomic mass is 10.1. The lowest BCUT2D eigenvalue weighted by Gasteiger charge is -2.05. The van der Waals surface area contributed by atoms with Gasteiger partial charge in [0.1, 0.15) is 0 Å². The van der Waals surface area contributed by atoms with E-state index in [1.54, 1.807) is 18.2 Å². The zero-order valence-electron chi connectivity index (χ0n) is 9.96. The number of hydrogen-bond donors (Lipinski definition) is 0. The minimum Gasteiger partial charge on any atom is -0.256 e. The van der Waals surface area contributed by atoms with E-state index in [0.29, 0.717) is 21.3 Å². The first kappa shape index (κ1) is 14.9. The molecule has 0 bridgehead atoms. The Hall–Kier alpha value is -1.52. The van der Waals surface area contributed by atoms with Gasteiger partial charge >= 0.3 is 6.18 Å². The standard InChI is InChI=1S/C14H8Cl2F3N/c15-11-5-12(16)7-13(6-11)20-8-9-1-3-10(4-2-9)14(17,18)19/h1-8H. The summed E-state index contributed by atoms with van der Waals surface area (Å²) in [5, 5.41) is 0.883. The van der Waals surface area contributed by atoms with Crippen molar-refractivity contribution in [2.24, 2.45) is 4.99 Å². The molecule has 0 atom stereocenters. The second kappa shape index (κ2) is 5.85. The smallest absolute Gasteiger partial charge is 0.256 e. The van der Waals surface area contributed by atoms with Crippen molar-refractivity contribution in [1.82, 2.24) is 0 Å². The summed E-state index contributed by atoms with van der Waals surface area (Å²) in [6, 6.07) is 9.48. The Kier molecular flexibility index (Phi) is 4.35. The summed E-state index contributed by atoms with van der Waals surface area (Å²) >= 11 is 11.6. The highest BCUT2D eigenvalue weighted by atomic mass is 35.5. The van der Waals surface area contributed by atoms with E-state index >= 15 is 0 Å². The maximum Gasteiger partial charge on any atom is 0.416 e. The Labute approximate surface area is 123 Å². The fourth-order valence-electron chi connectivity index (χ4n) is 1.52. The molecule has 2 aromatic carbocycles. The highest BCUT2D eigenvalue weighted by molar-refractivity contribution is 6.35. The first-order valence-corrected chi connectivity index (χ1v) is 6.27. The Balaban J connectivity index is 2.19. The minimum atomic E-state index is -4.34. The number of halogens is 5. The van der Waals surface area contributed by atoms with Crippen molar-refractivity contribution in [2.45, 2.75) is 6.18 Å². The Morgan fingerprint density at radius 2 is 1.45 bits per heavy atom. The molecule has 0 aliphatic carbocycles. The van der Waals surface area contributed by atoms with Gasteiger partial charge in [-0.15, -0.1) is 0 Å². The molecule has 0 unspecified atom stereocenters. The van der Waals surface area contributed by atoms with Crippen molar-refractivity contribution < 1.29 is 13.2 Å². The molecule has 20 heavy (non-hydrogen) atoms. The van der Waals surface area contributed by atoms with E-state index in [1.807, 2.05) is 0 Å². The maximum absolute atomic E-state index is 12.4. The van der Waals surface area contributed by atoms with Crippen LogP contribution in [0.5, 0.6) is 0 Å². The largest absolute Gasteiger partial charge is 0.416 e. The molecule has 0 aliphatic rings. The molecule has 0 N–H and O–H groups in total. The first-order chi connectivity index (χ1) is 9.34. The number of rotatable bonds is 2. The van der Waals surface area contributed by atoms with Gasteiger partial charge in [0, 0.05) is 16.3 Å². The van der Waals surface area contributed by atoms with Crippen LogP contribution >= 0.6 is 23.2 Å². The maximum atomic E-state index is 12.4. The Bertz CT molecular complexity index is 614. The Morgan fingerprint density at radius 1 is 0.900 bits per heavy atom. The molecule has 0 spiro atoms. The lowest BCUT2D eigenvalue weighted by Crippen LogP contribution is -2.04. The van der Waals surface area contributed by atoms with Crippen molar-refractivity contribution in [3.05, 3.63) is 63.6 Å². The van der Waals surface area contributed by atoms with E-state index in [9.17, 15) is 13.2 Å². The van der Waals surface area contributed by atoms with Crippen molar-refractivity contribution in [3.8, 4) is 0 Å². The molecule has 2 rings (SSSR count). The predicted octanol–water partition coefficient (Wildman–Crippen LogP) is 5.76. The number of nitrogens with zero attached hydrogens (tertiary/aromatic N) is 1. The molecule has 104 valence electrons. The van der Waals surface area contributed by atoms with E-state index in [4.69, 9.17) is 23.2 Å². The molecule has 2 aromatic rings. The summed E-state index contributed by atoms with van der Waals surface area (Å²) in [5.41, 5.74) is 0.386. The van der Waals surface area contributed by atoms with Gasteiger partial charge in [0.25, 0.3) is 0 Å². The van der Waals surface area contributed by atoms with Crippen LogP contribution in [0.15, 0.2) is 47.5 Å². The molecular weight excluding hydrogens is 310 g/mol. The van der Waals surface area contributed by atoms with Crippen molar-refractivity contribution >= 4 is 35.1 Å². The number of aliphatic imine (C=N–C) groups is 1. The van der Waals surface area contributed by atoms with Crippen molar-refractivity contribution in [3.63, 3.8) is 0 Å². The van der Waals surface area contributed by atoms with Crippen molar-refractivity contribution in [1.29, 1.82) is 0 Å². The summed E-state index contributed by atoms with van der Waals surface area (Å²) in [5.74, 6) is 0. The van der Waals surface area contributed by atoms with Crippen LogP contribution in [0.2, 0.25) is 10.0 Å². The molecule has 6 heteroatoms. The average molecular weight is 318 g/mol. The summed E-state index contributed by atoms with van der Waals surface area (Å²) in [6.07, 6.45) is -2.89. The molecular formula is C14H8Cl2F3N. The molecule has 0 heterocycles. The van der Waals surface area contributed by atoms with Gasteiger partial charge < -0.3 is 0 Å². The molecule has 0 saturated heterocycles. The van der Waals surface area contributed by atoms with Gasteiger partial charge in [0.15, 0.2) is 0 Å². The SMILES string of the molecule is FC(F)(F)c1ccc(C=Nc2cc(Cl)cc(Cl)c2)cc1. The fourth-order valence-corrected chi connectivity index (χ4v) is 2.04. The molecule has 0 amide bonds. The van der Waals surface area contributed by atoms with Gasteiger partial charge in [-0.2, -0.15) is 13.2 Å². The molecule has 0 aromatic heterocycles. The second-order valence-electron chi connectivity index (χ2n) is 4.01. The van der Waals surface area contributed by atoms with Crippen LogP contribution in [0.1, 0.15) is 11.1 Å². The van der Waals surface area contributed by atoms with Gasteiger partial charge in [0.2, 0.25) is 0 Å². The van der Waals surface area contributed by atoms with Crippen LogP contribution in [-0.2, 0) is 6.18 Å². The highest BCUT2D eigenvalue weighted by Crippen LogP contribution is 2.29. The van der Waals surface area contributed by atoms with E-state index in [0.717, 1.165) is 12.1 Å². The third kappa shape index (κ3) is 3.99. The van der Waals surface area contributed by atoms with Crippen LogP contribution in [0.25, 0.3) is 0 Å². The summed E-state index contributed by atoms with van der Waals surface area (Å²) in [6.45, 7) is 0. The van der Waals surface area contributed by atoms with Crippen LogP contribution < -0.4 is 0 Å². The summed E-state index contributed by atoms with van der Waals surface area (Å²) in [4.78, 5) is 4.11. The van der Waals surface area contributed by atoms with Gasteiger partial charge in [-0.1, -0.05) is 35.3 Å². The number of benzene rings is 2. The first-order valence-electron chi connectivity index (χ1n) is 5.52. The summed E-state index contributed by atoms with van der Waals surface area (Å²) in [7, 11) is 0. The quantitative estimate of drug-likeness (QED) is 0.624. The van der Waals surface area contributed by atoms with Crippen LogP contribution in [0.4, 0.5) is 18.9 Å². The third-order valence-corrected chi connectivity index (χ3v) is 2.88. The average Bonchev–Trinajstić information content (AvgIpc) is 2.35. The van der Waals surface area contributed by atoms with Gasteiger partial charge in [-0.25, -0.2) is 0 Å². The molecule has 0 fully saturated rings. The topological polar surface area (TPSA) is 12.4 Å². The number of alkyl halides is 3. The molecule has 0 aliphatic heterocycles. The van der Waals surface area contributed by atoms with E-state index < -0.39 is 11.7 Å². The Morgan fingerprint density at radius 3 is 1.95 bits per heavy atom. The third-order valence-electron chi connectivity index (χ3n) is 2.45. The molecule has 0 radical (unpaired) electrons. The molecule has 0 saturated carbocycles. The fraction of sp³-hybridized carbons (Fsp3) is 0.0714. The lowest BCUT2D eigenvalue weighted by molar-refractivity contribution is -0.137. The molecule has 1 nitrogen and oxygen atoms in total. The predicted molar refractivity (Wildman–Crippen MR) is 75.2 cm³/mol. The minimum absolute atomic E-state index is 0.442. The normalized spacial score (nSPS) is 12.1. The van der Waals surface area contributed by atoms with E-state index in [-0.39, 0.29) is 0 Å². The van der Waals surface area contributed by atoms with Gasteiger partial charge in [0.05, 0.1) is 11.3 Å². The van der Waals surface area contributed by atoms with Crippen molar-refractivity contribution in [2.75, 3.05) is 0 Å². The second-order valence-corrected chi connectivity index (χ2v) is 4.88. The van der Waals surface area contributed by atoms with Crippen LogP contribution in [0, 0.1) is 0 Å². The van der Waals surface area contributed by atoms with Crippen LogP contribution in [-0.4, -0.2) is 6.21 Å². The monoisotopic (exact) mass is 317 g/mol. The van der Waals surface area contributed by atoms with E-state index in [2.05, 4.69) is 4.99 Å². The zero-order chi connectivity index (χ0) is 14.8. The van der Waals surface area contributed by atoms with E-state index in [1.165, 1.54) is 18.3 Å².